The number of carboxylic acid groups (broad SMARTS) is 1. The maximum absolute atomic E-state index is 10.5. The van der Waals surface area contributed by atoms with E-state index in [9.17, 15) is 4.79 Å². The molecule has 0 aliphatic carbocycles. The average molecular weight is 253 g/mol. The van der Waals surface area contributed by atoms with Crippen LogP contribution in [-0.2, 0) is 4.79 Å². The summed E-state index contributed by atoms with van der Waals surface area (Å²) >= 11 is 5.98. The fourth-order valence-corrected chi connectivity index (χ4v) is 1.39. The van der Waals surface area contributed by atoms with Crippen LogP contribution in [-0.4, -0.2) is 17.7 Å². The zero-order valence-electron chi connectivity index (χ0n) is 9.44. The van der Waals surface area contributed by atoms with Crippen molar-refractivity contribution in [1.82, 2.24) is 0 Å². The Morgan fingerprint density at radius 3 is 2.88 bits per heavy atom. The Morgan fingerprint density at radius 2 is 2.29 bits per heavy atom. The van der Waals surface area contributed by atoms with E-state index < -0.39 is 5.97 Å². The summed E-state index contributed by atoms with van der Waals surface area (Å²) in [6.07, 6.45) is 2.44. The summed E-state index contributed by atoms with van der Waals surface area (Å²) in [6.45, 7) is 5.94. The highest BCUT2D eigenvalue weighted by Gasteiger charge is 2.05. The molecule has 0 unspecified atom stereocenters. The van der Waals surface area contributed by atoms with Gasteiger partial charge in [0.25, 0.3) is 0 Å². The summed E-state index contributed by atoms with van der Waals surface area (Å²) in [4.78, 5) is 10.5. The second-order valence-electron chi connectivity index (χ2n) is 3.57. The number of ether oxygens (including phenoxy) is 1. The molecule has 0 saturated carbocycles. The van der Waals surface area contributed by atoms with E-state index in [0.29, 0.717) is 22.9 Å². The second-order valence-corrected chi connectivity index (χ2v) is 3.98. The lowest BCUT2D eigenvalue weighted by atomic mass is 10.2. The normalized spacial score (nSPS) is 10.5. The van der Waals surface area contributed by atoms with E-state index in [-0.39, 0.29) is 0 Å². The summed E-state index contributed by atoms with van der Waals surface area (Å²) in [5.74, 6) is -0.492. The summed E-state index contributed by atoms with van der Waals surface area (Å²) in [5, 5.41) is 9.04. The average Bonchev–Trinajstić information content (AvgIpc) is 2.24. The molecule has 17 heavy (non-hydrogen) atoms. The van der Waals surface area contributed by atoms with Gasteiger partial charge in [-0.25, -0.2) is 4.79 Å². The lowest BCUT2D eigenvalue weighted by Gasteiger charge is -2.10. The Bertz CT molecular complexity index is 464. The van der Waals surface area contributed by atoms with Crippen molar-refractivity contribution in [1.29, 1.82) is 0 Å². The molecule has 0 aliphatic rings. The molecule has 3 nitrogen and oxygen atoms in total. The number of hydrogen-bond donors (Lipinski definition) is 1. The highest BCUT2D eigenvalue weighted by atomic mass is 35.5. The van der Waals surface area contributed by atoms with Crippen LogP contribution in [0.2, 0.25) is 5.02 Å². The zero-order valence-corrected chi connectivity index (χ0v) is 10.2. The molecule has 1 aromatic carbocycles. The largest absolute Gasteiger partial charge is 0.489 e. The highest BCUT2D eigenvalue weighted by Crippen LogP contribution is 2.28. The van der Waals surface area contributed by atoms with E-state index in [1.807, 2.05) is 6.92 Å². The molecular weight excluding hydrogens is 240 g/mol. The van der Waals surface area contributed by atoms with Crippen molar-refractivity contribution >= 4 is 23.6 Å². The van der Waals surface area contributed by atoms with E-state index in [1.54, 1.807) is 18.2 Å². The topological polar surface area (TPSA) is 46.5 Å². The number of benzene rings is 1. The lowest BCUT2D eigenvalue weighted by molar-refractivity contribution is -0.131. The quantitative estimate of drug-likeness (QED) is 0.645. The van der Waals surface area contributed by atoms with Crippen LogP contribution in [0.25, 0.3) is 6.08 Å². The maximum atomic E-state index is 10.5. The fourth-order valence-electron chi connectivity index (χ4n) is 1.16. The van der Waals surface area contributed by atoms with Crippen LogP contribution >= 0.6 is 11.6 Å². The van der Waals surface area contributed by atoms with Crippen LogP contribution in [0.1, 0.15) is 12.5 Å². The van der Waals surface area contributed by atoms with Crippen molar-refractivity contribution < 1.29 is 14.6 Å². The molecule has 1 aromatic rings. The van der Waals surface area contributed by atoms with E-state index in [1.165, 1.54) is 6.08 Å². The van der Waals surface area contributed by atoms with Gasteiger partial charge in [0.2, 0.25) is 0 Å². The van der Waals surface area contributed by atoms with Crippen molar-refractivity contribution in [2.75, 3.05) is 6.61 Å². The van der Waals surface area contributed by atoms with Gasteiger partial charge in [-0.15, -0.1) is 0 Å². The molecule has 0 amide bonds. The molecule has 90 valence electrons. The second kappa shape index (κ2) is 6.11. The molecule has 0 radical (unpaired) electrons. The first-order valence-electron chi connectivity index (χ1n) is 4.97. The molecule has 0 saturated heterocycles. The third-order valence-corrected chi connectivity index (χ3v) is 2.21. The molecule has 0 fully saturated rings. The van der Waals surface area contributed by atoms with Gasteiger partial charge in [-0.3, -0.25) is 0 Å². The van der Waals surface area contributed by atoms with Crippen molar-refractivity contribution in [3.63, 3.8) is 0 Å². The third kappa shape index (κ3) is 4.33. The SMILES string of the molecule is C=C(C)COc1cccc(Cl)c1/C=C/C(=O)O. The molecule has 0 spiro atoms. The minimum absolute atomic E-state index is 0.369. The minimum atomic E-state index is -1.03. The lowest BCUT2D eigenvalue weighted by Crippen LogP contribution is -1.99. The van der Waals surface area contributed by atoms with Gasteiger partial charge in [-0.05, 0) is 30.7 Å². The van der Waals surface area contributed by atoms with Gasteiger partial charge in [0, 0.05) is 11.6 Å². The molecule has 0 aliphatic heterocycles. The monoisotopic (exact) mass is 252 g/mol. The first-order chi connectivity index (χ1) is 8.00. The summed E-state index contributed by atoms with van der Waals surface area (Å²) in [7, 11) is 0. The predicted molar refractivity (Wildman–Crippen MR) is 68.4 cm³/mol. The zero-order chi connectivity index (χ0) is 12.8. The predicted octanol–water partition coefficient (Wildman–Crippen LogP) is 3.39. The van der Waals surface area contributed by atoms with E-state index >= 15 is 0 Å². The van der Waals surface area contributed by atoms with Crippen LogP contribution < -0.4 is 4.74 Å². The summed E-state index contributed by atoms with van der Waals surface area (Å²) in [6, 6.07) is 5.15. The van der Waals surface area contributed by atoms with Gasteiger partial charge in [0.1, 0.15) is 12.4 Å². The number of halogens is 1. The molecule has 0 aromatic heterocycles. The number of carboxylic acids is 1. The first-order valence-corrected chi connectivity index (χ1v) is 5.35. The first kappa shape index (κ1) is 13.3. The minimum Gasteiger partial charge on any atom is -0.489 e. The Kier molecular flexibility index (Phi) is 4.79. The van der Waals surface area contributed by atoms with Gasteiger partial charge >= 0.3 is 5.97 Å². The molecule has 0 bridgehead atoms. The van der Waals surface area contributed by atoms with Crippen LogP contribution in [0.5, 0.6) is 5.75 Å². The van der Waals surface area contributed by atoms with Crippen LogP contribution in [0.4, 0.5) is 0 Å². The van der Waals surface area contributed by atoms with Gasteiger partial charge in [-0.2, -0.15) is 0 Å². The standard InChI is InChI=1S/C13H13ClO3/c1-9(2)8-17-12-5-3-4-11(14)10(12)6-7-13(15)16/h3-7H,1,8H2,2H3,(H,15,16)/b7-6+. The van der Waals surface area contributed by atoms with Crippen LogP contribution in [0.3, 0.4) is 0 Å². The van der Waals surface area contributed by atoms with E-state index in [2.05, 4.69) is 6.58 Å². The van der Waals surface area contributed by atoms with Crippen LogP contribution in [0, 0.1) is 0 Å². The molecule has 1 N–H and O–H groups in total. The highest BCUT2D eigenvalue weighted by molar-refractivity contribution is 6.32. The Morgan fingerprint density at radius 1 is 1.59 bits per heavy atom. The molecular formula is C13H13ClO3. The van der Waals surface area contributed by atoms with Gasteiger partial charge < -0.3 is 9.84 Å². The number of hydrogen-bond acceptors (Lipinski definition) is 2. The summed E-state index contributed by atoms with van der Waals surface area (Å²) < 4.78 is 5.48. The van der Waals surface area contributed by atoms with Crippen LogP contribution in [0.15, 0.2) is 36.4 Å². The molecule has 1 rings (SSSR count). The molecule has 0 heterocycles. The smallest absolute Gasteiger partial charge is 0.328 e. The molecule has 0 atom stereocenters. The maximum Gasteiger partial charge on any atom is 0.328 e. The number of rotatable bonds is 5. The summed E-state index contributed by atoms with van der Waals surface area (Å²) in [5.41, 5.74) is 1.43. The van der Waals surface area contributed by atoms with Gasteiger partial charge in [-0.1, -0.05) is 24.2 Å². The van der Waals surface area contributed by atoms with E-state index in [0.717, 1.165) is 11.6 Å². The third-order valence-electron chi connectivity index (χ3n) is 1.88. The van der Waals surface area contributed by atoms with Crippen molar-refractivity contribution in [3.05, 3.63) is 47.0 Å². The van der Waals surface area contributed by atoms with Gasteiger partial charge in [0.05, 0.1) is 5.02 Å². The molecule has 4 heteroatoms. The Hall–Kier alpha value is -1.74. The number of aliphatic carboxylic acids is 1. The number of carbonyl (C=O) groups is 1. The van der Waals surface area contributed by atoms with Gasteiger partial charge in [0.15, 0.2) is 0 Å². The Labute approximate surface area is 105 Å². The van der Waals surface area contributed by atoms with Crippen molar-refractivity contribution in [2.45, 2.75) is 6.92 Å². The van der Waals surface area contributed by atoms with Crippen molar-refractivity contribution in [2.24, 2.45) is 0 Å². The van der Waals surface area contributed by atoms with Crippen molar-refractivity contribution in [3.8, 4) is 5.75 Å². The van der Waals surface area contributed by atoms with E-state index in [4.69, 9.17) is 21.4 Å². The fraction of sp³-hybridized carbons (Fsp3) is 0.154. The Balaban J connectivity index is 2.99.